The number of ether oxygens (including phenoxy) is 2. The molecule has 1 aromatic rings. The van der Waals surface area contributed by atoms with Crippen molar-refractivity contribution in [3.05, 3.63) is 24.3 Å². The quantitative estimate of drug-likeness (QED) is 0.316. The number of benzene rings is 1. The van der Waals surface area contributed by atoms with Gasteiger partial charge < -0.3 is 25.4 Å². The maximum absolute atomic E-state index is 11.6. The van der Waals surface area contributed by atoms with E-state index in [1.54, 1.807) is 7.11 Å². The molecular weight excluding hydrogens is 332 g/mol. The van der Waals surface area contributed by atoms with Crippen LogP contribution in [0.15, 0.2) is 29.3 Å². The first-order valence-corrected chi connectivity index (χ1v) is 9.29. The number of nitrogens with one attached hydrogen (secondary N) is 3. The summed E-state index contributed by atoms with van der Waals surface area (Å²) in [6.45, 7) is 5.34. The molecule has 1 amide bonds. The molecule has 7 heteroatoms. The van der Waals surface area contributed by atoms with E-state index in [0.717, 1.165) is 43.3 Å². The Labute approximate surface area is 155 Å². The van der Waals surface area contributed by atoms with Gasteiger partial charge >= 0.3 is 0 Å². The molecule has 0 bridgehead atoms. The minimum Gasteiger partial charge on any atom is -0.497 e. The number of rotatable bonds is 11. The van der Waals surface area contributed by atoms with Crippen molar-refractivity contribution in [2.75, 3.05) is 39.9 Å². The zero-order valence-electron chi connectivity index (χ0n) is 15.7. The van der Waals surface area contributed by atoms with Crippen LogP contribution in [0.4, 0.5) is 0 Å². The maximum Gasteiger partial charge on any atom is 0.223 e. The molecule has 26 heavy (non-hydrogen) atoms. The third kappa shape index (κ3) is 7.63. The molecule has 144 valence electrons. The Balaban J connectivity index is 1.61. The summed E-state index contributed by atoms with van der Waals surface area (Å²) < 4.78 is 10.9. The third-order valence-electron chi connectivity index (χ3n) is 3.89. The molecule has 1 aromatic carbocycles. The van der Waals surface area contributed by atoms with Gasteiger partial charge in [-0.15, -0.1) is 0 Å². The standard InChI is InChI=1S/C19H30N4O3/c1-3-20-19(23-12-11-21-18(24)15-8-9-15)22-10-5-13-26-17-7-4-6-16(14-17)25-2/h4,6-7,14-15H,3,5,8-13H2,1-2H3,(H,21,24)(H2,20,22,23). The van der Waals surface area contributed by atoms with Gasteiger partial charge in [0.15, 0.2) is 5.96 Å². The first-order chi connectivity index (χ1) is 12.7. The van der Waals surface area contributed by atoms with Crippen LogP contribution in [0.1, 0.15) is 26.2 Å². The van der Waals surface area contributed by atoms with E-state index in [1.807, 2.05) is 31.2 Å². The van der Waals surface area contributed by atoms with E-state index in [0.29, 0.717) is 26.2 Å². The predicted octanol–water partition coefficient (Wildman–Crippen LogP) is 1.55. The van der Waals surface area contributed by atoms with Crippen molar-refractivity contribution in [2.24, 2.45) is 10.9 Å². The molecule has 1 fully saturated rings. The van der Waals surface area contributed by atoms with E-state index < -0.39 is 0 Å². The van der Waals surface area contributed by atoms with Crippen LogP contribution in [0.3, 0.4) is 0 Å². The second-order valence-electron chi connectivity index (χ2n) is 6.13. The highest BCUT2D eigenvalue weighted by Gasteiger charge is 2.28. The number of nitrogens with zero attached hydrogens (tertiary/aromatic N) is 1. The van der Waals surface area contributed by atoms with Gasteiger partial charge in [0.25, 0.3) is 0 Å². The fourth-order valence-corrected chi connectivity index (χ4v) is 2.33. The Morgan fingerprint density at radius 1 is 1.19 bits per heavy atom. The van der Waals surface area contributed by atoms with E-state index in [-0.39, 0.29) is 11.8 Å². The molecule has 0 heterocycles. The van der Waals surface area contributed by atoms with Gasteiger partial charge in [-0.25, -0.2) is 0 Å². The van der Waals surface area contributed by atoms with Gasteiger partial charge in [-0.05, 0) is 31.9 Å². The fourth-order valence-electron chi connectivity index (χ4n) is 2.33. The molecule has 1 aliphatic rings. The summed E-state index contributed by atoms with van der Waals surface area (Å²) in [5, 5.41) is 9.36. The largest absolute Gasteiger partial charge is 0.497 e. The summed E-state index contributed by atoms with van der Waals surface area (Å²) in [7, 11) is 1.64. The van der Waals surface area contributed by atoms with Crippen LogP contribution in [-0.2, 0) is 4.79 Å². The van der Waals surface area contributed by atoms with Crippen LogP contribution in [0, 0.1) is 5.92 Å². The molecule has 7 nitrogen and oxygen atoms in total. The zero-order chi connectivity index (χ0) is 18.6. The Kier molecular flexibility index (Phi) is 8.59. The molecule has 0 atom stereocenters. The number of hydrogen-bond acceptors (Lipinski definition) is 4. The van der Waals surface area contributed by atoms with E-state index in [9.17, 15) is 4.79 Å². The van der Waals surface area contributed by atoms with Gasteiger partial charge in [-0.1, -0.05) is 6.07 Å². The molecule has 1 aliphatic carbocycles. The van der Waals surface area contributed by atoms with Crippen LogP contribution < -0.4 is 25.4 Å². The van der Waals surface area contributed by atoms with Gasteiger partial charge in [0, 0.05) is 44.6 Å². The van der Waals surface area contributed by atoms with Crippen molar-refractivity contribution in [3.8, 4) is 11.5 Å². The van der Waals surface area contributed by atoms with Crippen molar-refractivity contribution >= 4 is 11.9 Å². The lowest BCUT2D eigenvalue weighted by Gasteiger charge is -2.12. The first-order valence-electron chi connectivity index (χ1n) is 9.29. The number of carbonyl (C=O) groups is 1. The maximum atomic E-state index is 11.6. The van der Waals surface area contributed by atoms with Crippen LogP contribution in [-0.4, -0.2) is 51.8 Å². The first kappa shape index (κ1) is 19.9. The summed E-state index contributed by atoms with van der Waals surface area (Å²) >= 11 is 0. The minimum atomic E-state index is 0.170. The van der Waals surface area contributed by atoms with Crippen molar-refractivity contribution < 1.29 is 14.3 Å². The lowest BCUT2D eigenvalue weighted by atomic mass is 10.3. The molecule has 0 saturated heterocycles. The van der Waals surface area contributed by atoms with E-state index in [2.05, 4.69) is 20.9 Å². The van der Waals surface area contributed by atoms with Crippen molar-refractivity contribution in [1.29, 1.82) is 0 Å². The lowest BCUT2D eigenvalue weighted by molar-refractivity contribution is -0.122. The summed E-state index contributed by atoms with van der Waals surface area (Å²) in [5.41, 5.74) is 0. The summed E-state index contributed by atoms with van der Waals surface area (Å²) in [4.78, 5) is 16.1. The highest BCUT2D eigenvalue weighted by molar-refractivity contribution is 5.81. The average molecular weight is 362 g/mol. The summed E-state index contributed by atoms with van der Waals surface area (Å²) in [6, 6.07) is 7.57. The van der Waals surface area contributed by atoms with Crippen LogP contribution >= 0.6 is 0 Å². The Bertz CT molecular complexity index is 588. The summed E-state index contributed by atoms with van der Waals surface area (Å²) in [5.74, 6) is 2.76. The fraction of sp³-hybridized carbons (Fsp3) is 0.579. The number of hydrogen-bond donors (Lipinski definition) is 3. The van der Waals surface area contributed by atoms with E-state index in [4.69, 9.17) is 9.47 Å². The highest BCUT2D eigenvalue weighted by Crippen LogP contribution is 2.28. The topological polar surface area (TPSA) is 84.0 Å². The molecular formula is C19H30N4O3. The smallest absolute Gasteiger partial charge is 0.223 e. The molecule has 0 aliphatic heterocycles. The number of carbonyl (C=O) groups excluding carboxylic acids is 1. The Hall–Kier alpha value is -2.44. The summed E-state index contributed by atoms with van der Waals surface area (Å²) in [6.07, 6.45) is 2.87. The number of methoxy groups -OCH3 is 1. The van der Waals surface area contributed by atoms with Crippen molar-refractivity contribution in [1.82, 2.24) is 16.0 Å². The van der Waals surface area contributed by atoms with Gasteiger partial charge in [0.1, 0.15) is 11.5 Å². The minimum absolute atomic E-state index is 0.170. The average Bonchev–Trinajstić information content (AvgIpc) is 3.50. The predicted molar refractivity (Wildman–Crippen MR) is 103 cm³/mol. The van der Waals surface area contributed by atoms with Gasteiger partial charge in [0.05, 0.1) is 13.7 Å². The molecule has 0 aromatic heterocycles. The molecule has 3 N–H and O–H groups in total. The molecule has 0 unspecified atom stereocenters. The van der Waals surface area contributed by atoms with Gasteiger partial charge in [-0.2, -0.15) is 0 Å². The second-order valence-corrected chi connectivity index (χ2v) is 6.13. The number of amides is 1. The number of aliphatic imine (C=N–C) groups is 1. The Morgan fingerprint density at radius 2 is 1.96 bits per heavy atom. The third-order valence-corrected chi connectivity index (χ3v) is 3.89. The number of guanidine groups is 1. The highest BCUT2D eigenvalue weighted by atomic mass is 16.5. The zero-order valence-corrected chi connectivity index (χ0v) is 15.7. The molecule has 0 radical (unpaired) electrons. The molecule has 2 rings (SSSR count). The SMILES string of the molecule is CCNC(=NCCCOc1cccc(OC)c1)NCCNC(=O)C1CC1. The van der Waals surface area contributed by atoms with E-state index >= 15 is 0 Å². The van der Waals surface area contributed by atoms with E-state index in [1.165, 1.54) is 0 Å². The molecule has 1 saturated carbocycles. The van der Waals surface area contributed by atoms with Crippen LogP contribution in [0.2, 0.25) is 0 Å². The van der Waals surface area contributed by atoms with Crippen molar-refractivity contribution in [2.45, 2.75) is 26.2 Å². The second kappa shape index (κ2) is 11.2. The normalized spacial score (nSPS) is 13.8. The monoisotopic (exact) mass is 362 g/mol. The van der Waals surface area contributed by atoms with Crippen LogP contribution in [0.5, 0.6) is 11.5 Å². The van der Waals surface area contributed by atoms with Crippen LogP contribution in [0.25, 0.3) is 0 Å². The van der Waals surface area contributed by atoms with Gasteiger partial charge in [0.2, 0.25) is 5.91 Å². The van der Waals surface area contributed by atoms with Gasteiger partial charge in [-0.3, -0.25) is 9.79 Å². The van der Waals surface area contributed by atoms with Crippen molar-refractivity contribution in [3.63, 3.8) is 0 Å². The molecule has 0 spiro atoms. The Morgan fingerprint density at radius 3 is 2.69 bits per heavy atom. The lowest BCUT2D eigenvalue weighted by Crippen LogP contribution is -2.41.